The summed E-state index contributed by atoms with van der Waals surface area (Å²) in [6, 6.07) is 6.03. The van der Waals surface area contributed by atoms with Crippen LogP contribution in [0, 0.1) is 12.3 Å². The van der Waals surface area contributed by atoms with E-state index in [4.69, 9.17) is 16.6 Å². The summed E-state index contributed by atoms with van der Waals surface area (Å²) >= 11 is 9.04. The first-order valence-corrected chi connectivity index (χ1v) is 9.98. The zero-order chi connectivity index (χ0) is 18.2. The standard InChI is InChI=1S/C18H20ClN3OS2/c1-10-16(19)17(25-22-10)21-14(23)8-11-5-6-13-12(7-11)20-15(24-13)9-18(2,3)4/h5-7H,8-9H2,1-4H3,(H,21,23). The molecule has 1 amide bonds. The fourth-order valence-electron chi connectivity index (χ4n) is 2.45. The highest BCUT2D eigenvalue weighted by Gasteiger charge is 2.16. The van der Waals surface area contributed by atoms with E-state index < -0.39 is 0 Å². The van der Waals surface area contributed by atoms with Gasteiger partial charge in [0, 0.05) is 6.42 Å². The van der Waals surface area contributed by atoms with Gasteiger partial charge in [0.05, 0.1) is 32.4 Å². The topological polar surface area (TPSA) is 54.9 Å². The summed E-state index contributed by atoms with van der Waals surface area (Å²) in [6.07, 6.45) is 1.24. The minimum Gasteiger partial charge on any atom is -0.315 e. The highest BCUT2D eigenvalue weighted by molar-refractivity contribution is 7.18. The van der Waals surface area contributed by atoms with Crippen LogP contribution < -0.4 is 5.32 Å². The lowest BCUT2D eigenvalue weighted by molar-refractivity contribution is -0.115. The van der Waals surface area contributed by atoms with Crippen LogP contribution in [0.15, 0.2) is 18.2 Å². The van der Waals surface area contributed by atoms with Gasteiger partial charge < -0.3 is 5.32 Å². The van der Waals surface area contributed by atoms with E-state index in [0.29, 0.717) is 10.0 Å². The maximum absolute atomic E-state index is 12.3. The molecule has 4 nitrogen and oxygen atoms in total. The molecular weight excluding hydrogens is 374 g/mol. The SMILES string of the molecule is Cc1nsc(NC(=O)Cc2ccc3sc(CC(C)(C)C)nc3c2)c1Cl. The Labute approximate surface area is 160 Å². The number of fused-ring (bicyclic) bond motifs is 1. The number of nitrogens with one attached hydrogen (secondary N) is 1. The van der Waals surface area contributed by atoms with Crippen molar-refractivity contribution in [2.45, 2.75) is 40.5 Å². The molecular formula is C18H20ClN3OS2. The molecule has 3 aromatic rings. The third-order valence-corrected chi connectivity index (χ3v) is 6.05. The molecule has 0 saturated carbocycles. The number of hydrogen-bond donors (Lipinski definition) is 1. The van der Waals surface area contributed by atoms with Crippen molar-refractivity contribution < 1.29 is 4.79 Å². The quantitative estimate of drug-likeness (QED) is 0.638. The Balaban J connectivity index is 1.73. The molecule has 0 atom stereocenters. The first kappa shape index (κ1) is 18.3. The molecule has 0 aliphatic carbocycles. The number of thiazole rings is 1. The monoisotopic (exact) mass is 393 g/mol. The predicted molar refractivity (Wildman–Crippen MR) is 107 cm³/mol. The van der Waals surface area contributed by atoms with Crippen molar-refractivity contribution in [3.63, 3.8) is 0 Å². The molecule has 0 aliphatic rings. The zero-order valence-electron chi connectivity index (χ0n) is 14.6. The van der Waals surface area contributed by atoms with E-state index in [1.807, 2.05) is 25.1 Å². The Hall–Kier alpha value is -1.50. The largest absolute Gasteiger partial charge is 0.315 e. The van der Waals surface area contributed by atoms with E-state index in [-0.39, 0.29) is 17.7 Å². The predicted octanol–water partition coefficient (Wildman–Crippen LogP) is 5.48. The van der Waals surface area contributed by atoms with Gasteiger partial charge in [-0.2, -0.15) is 4.37 Å². The van der Waals surface area contributed by atoms with Crippen molar-refractivity contribution in [3.05, 3.63) is 39.5 Å². The highest BCUT2D eigenvalue weighted by Crippen LogP contribution is 2.30. The maximum atomic E-state index is 12.3. The Bertz CT molecular complexity index is 924. The molecule has 1 N–H and O–H groups in total. The van der Waals surface area contributed by atoms with Crippen molar-refractivity contribution >= 4 is 55.6 Å². The molecule has 0 spiro atoms. The van der Waals surface area contributed by atoms with Crippen molar-refractivity contribution in [1.82, 2.24) is 9.36 Å². The summed E-state index contributed by atoms with van der Waals surface area (Å²) in [6.45, 7) is 8.45. The molecule has 0 bridgehead atoms. The van der Waals surface area contributed by atoms with Gasteiger partial charge >= 0.3 is 0 Å². The van der Waals surface area contributed by atoms with Crippen molar-refractivity contribution in [2.75, 3.05) is 5.32 Å². The molecule has 1 aromatic carbocycles. The Morgan fingerprint density at radius 3 is 2.72 bits per heavy atom. The van der Waals surface area contributed by atoms with Crippen LogP contribution in [0.1, 0.15) is 37.0 Å². The summed E-state index contributed by atoms with van der Waals surface area (Å²) in [4.78, 5) is 17.0. The number of hydrogen-bond acceptors (Lipinski definition) is 5. The molecule has 7 heteroatoms. The first-order chi connectivity index (χ1) is 11.7. The highest BCUT2D eigenvalue weighted by atomic mass is 35.5. The maximum Gasteiger partial charge on any atom is 0.229 e. The van der Waals surface area contributed by atoms with Gasteiger partial charge in [0.1, 0.15) is 5.00 Å². The van der Waals surface area contributed by atoms with Gasteiger partial charge in [-0.15, -0.1) is 11.3 Å². The molecule has 3 rings (SSSR count). The van der Waals surface area contributed by atoms with Gasteiger partial charge in [0.25, 0.3) is 0 Å². The van der Waals surface area contributed by atoms with Crippen LogP contribution in [0.4, 0.5) is 5.00 Å². The second-order valence-corrected chi connectivity index (χ2v) is 9.55. The number of rotatable bonds is 4. The molecule has 0 saturated heterocycles. The fraction of sp³-hybridized carbons (Fsp3) is 0.389. The molecule has 2 aromatic heterocycles. The van der Waals surface area contributed by atoms with Gasteiger partial charge in [-0.05, 0) is 41.6 Å². The van der Waals surface area contributed by atoms with Crippen LogP contribution in [0.5, 0.6) is 0 Å². The number of anilines is 1. The van der Waals surface area contributed by atoms with Gasteiger partial charge in [-0.3, -0.25) is 4.79 Å². The lowest BCUT2D eigenvalue weighted by Crippen LogP contribution is -2.13. The number of aromatic nitrogens is 2. The van der Waals surface area contributed by atoms with E-state index in [2.05, 4.69) is 30.5 Å². The van der Waals surface area contributed by atoms with E-state index in [9.17, 15) is 4.79 Å². The van der Waals surface area contributed by atoms with Crippen LogP contribution in [-0.4, -0.2) is 15.3 Å². The number of halogens is 1. The summed E-state index contributed by atoms with van der Waals surface area (Å²) in [5.74, 6) is -0.102. The second kappa shape index (κ2) is 7.02. The van der Waals surface area contributed by atoms with E-state index >= 15 is 0 Å². The Morgan fingerprint density at radius 1 is 1.32 bits per heavy atom. The van der Waals surface area contributed by atoms with Gasteiger partial charge in [0.2, 0.25) is 5.91 Å². The minimum atomic E-state index is -0.102. The van der Waals surface area contributed by atoms with Crippen molar-refractivity contribution in [2.24, 2.45) is 5.41 Å². The Kier molecular flexibility index (Phi) is 5.14. The Morgan fingerprint density at radius 2 is 2.08 bits per heavy atom. The van der Waals surface area contributed by atoms with Gasteiger partial charge in [-0.25, -0.2) is 4.98 Å². The molecule has 0 unspecified atom stereocenters. The van der Waals surface area contributed by atoms with Crippen molar-refractivity contribution in [3.8, 4) is 0 Å². The normalized spacial score (nSPS) is 11.9. The summed E-state index contributed by atoms with van der Waals surface area (Å²) in [5.41, 5.74) is 2.84. The molecule has 0 radical (unpaired) electrons. The number of amides is 1. The number of carbonyl (C=O) groups excluding carboxylic acids is 1. The third kappa shape index (κ3) is 4.57. The molecule has 0 aliphatic heterocycles. The van der Waals surface area contributed by atoms with Crippen LogP contribution in [-0.2, 0) is 17.6 Å². The third-order valence-electron chi connectivity index (χ3n) is 3.59. The first-order valence-electron chi connectivity index (χ1n) is 8.01. The van der Waals surface area contributed by atoms with E-state index in [0.717, 1.165) is 32.9 Å². The molecule has 0 fully saturated rings. The summed E-state index contributed by atoms with van der Waals surface area (Å²) in [7, 11) is 0. The number of aryl methyl sites for hydroxylation is 1. The molecule has 25 heavy (non-hydrogen) atoms. The van der Waals surface area contributed by atoms with E-state index in [1.165, 1.54) is 11.5 Å². The number of nitrogens with zero attached hydrogens (tertiary/aromatic N) is 2. The van der Waals surface area contributed by atoms with Crippen LogP contribution in [0.3, 0.4) is 0 Å². The summed E-state index contributed by atoms with van der Waals surface area (Å²) < 4.78 is 5.29. The number of carbonyl (C=O) groups is 1. The van der Waals surface area contributed by atoms with Crippen LogP contribution >= 0.6 is 34.5 Å². The average Bonchev–Trinajstić information content (AvgIpc) is 3.02. The van der Waals surface area contributed by atoms with Crippen LogP contribution in [0.2, 0.25) is 5.02 Å². The average molecular weight is 394 g/mol. The van der Waals surface area contributed by atoms with E-state index in [1.54, 1.807) is 11.3 Å². The smallest absolute Gasteiger partial charge is 0.229 e. The van der Waals surface area contributed by atoms with Crippen molar-refractivity contribution in [1.29, 1.82) is 0 Å². The molecule has 132 valence electrons. The molecule has 2 heterocycles. The minimum absolute atomic E-state index is 0.102. The lowest BCUT2D eigenvalue weighted by Gasteiger charge is -2.15. The van der Waals surface area contributed by atoms with Gasteiger partial charge in [0.15, 0.2) is 0 Å². The second-order valence-electron chi connectivity index (χ2n) is 7.28. The van der Waals surface area contributed by atoms with Gasteiger partial charge in [-0.1, -0.05) is 38.4 Å². The summed E-state index contributed by atoms with van der Waals surface area (Å²) in [5, 5.41) is 5.08. The number of benzene rings is 1. The fourth-order valence-corrected chi connectivity index (χ4v) is 4.65. The van der Waals surface area contributed by atoms with Crippen LogP contribution in [0.25, 0.3) is 10.2 Å². The zero-order valence-corrected chi connectivity index (χ0v) is 17.0. The lowest BCUT2D eigenvalue weighted by atomic mass is 9.93.